The minimum atomic E-state index is -1.68. The first-order valence-electron chi connectivity index (χ1n) is 6.09. The molecule has 3 heteroatoms. The van der Waals surface area contributed by atoms with Gasteiger partial charge in [-0.1, -0.05) is 45.0 Å². The van der Waals surface area contributed by atoms with E-state index < -0.39 is 8.32 Å². The van der Waals surface area contributed by atoms with Crippen LogP contribution in [-0.2, 0) is 17.6 Å². The lowest BCUT2D eigenvalue weighted by molar-refractivity contribution is 0.272. The molecule has 0 radical (unpaired) electrons. The zero-order valence-corrected chi connectivity index (χ0v) is 12.6. The van der Waals surface area contributed by atoms with Crippen LogP contribution in [0, 0.1) is 0 Å². The second-order valence-electron chi connectivity index (χ2n) is 6.03. The molecule has 0 fully saturated rings. The van der Waals surface area contributed by atoms with Gasteiger partial charge in [0, 0.05) is 0 Å². The van der Waals surface area contributed by atoms with E-state index in [1.54, 1.807) is 0 Å². The molecule has 1 aromatic carbocycles. The highest BCUT2D eigenvalue weighted by molar-refractivity contribution is 6.74. The zero-order valence-electron chi connectivity index (χ0n) is 11.6. The summed E-state index contributed by atoms with van der Waals surface area (Å²) in [4.78, 5) is 0. The van der Waals surface area contributed by atoms with Crippen molar-refractivity contribution in [3.8, 4) is 0 Å². The Balaban J connectivity index is 2.67. The Morgan fingerprint density at radius 3 is 2.29 bits per heavy atom. The molecule has 1 rings (SSSR count). The van der Waals surface area contributed by atoms with Gasteiger partial charge in [0.25, 0.3) is 0 Å². The molecule has 0 aliphatic rings. The minimum absolute atomic E-state index is 0.0912. The predicted molar refractivity (Wildman–Crippen MR) is 74.4 cm³/mol. The summed E-state index contributed by atoms with van der Waals surface area (Å²) in [7, 11) is -1.68. The standard InChI is InChI=1S/C14H24O2Si/c1-14(2,3)17(4,5)16-11-13-8-6-7-12(9-13)10-15/h6-9,15H,10-11H2,1-5H3. The second kappa shape index (κ2) is 5.34. The Morgan fingerprint density at radius 2 is 1.76 bits per heavy atom. The molecule has 17 heavy (non-hydrogen) atoms. The van der Waals surface area contributed by atoms with E-state index in [1.807, 2.05) is 24.3 Å². The molecular formula is C14H24O2Si. The normalized spacial score (nSPS) is 12.8. The Morgan fingerprint density at radius 1 is 1.18 bits per heavy atom. The molecule has 0 aromatic heterocycles. The molecule has 0 saturated carbocycles. The van der Waals surface area contributed by atoms with Crippen molar-refractivity contribution in [1.29, 1.82) is 0 Å². The van der Waals surface area contributed by atoms with Gasteiger partial charge in [0.05, 0.1) is 13.2 Å². The van der Waals surface area contributed by atoms with Crippen molar-refractivity contribution in [1.82, 2.24) is 0 Å². The lowest BCUT2D eigenvalue weighted by atomic mass is 10.1. The van der Waals surface area contributed by atoms with Crippen LogP contribution in [0.2, 0.25) is 18.1 Å². The summed E-state index contributed by atoms with van der Waals surface area (Å²) < 4.78 is 6.14. The fourth-order valence-electron chi connectivity index (χ4n) is 1.30. The molecule has 0 saturated heterocycles. The van der Waals surface area contributed by atoms with Crippen LogP contribution in [0.4, 0.5) is 0 Å². The fourth-order valence-corrected chi connectivity index (χ4v) is 2.26. The third kappa shape index (κ3) is 3.94. The third-order valence-corrected chi connectivity index (χ3v) is 8.06. The lowest BCUT2D eigenvalue weighted by Gasteiger charge is -2.36. The van der Waals surface area contributed by atoms with Crippen LogP contribution in [0.25, 0.3) is 0 Å². The average Bonchev–Trinajstić information content (AvgIpc) is 2.25. The van der Waals surface area contributed by atoms with Crippen molar-refractivity contribution in [2.24, 2.45) is 0 Å². The van der Waals surface area contributed by atoms with E-state index in [1.165, 1.54) is 0 Å². The number of aliphatic hydroxyl groups excluding tert-OH is 1. The lowest BCUT2D eigenvalue weighted by Crippen LogP contribution is -2.40. The largest absolute Gasteiger partial charge is 0.413 e. The quantitative estimate of drug-likeness (QED) is 0.828. The topological polar surface area (TPSA) is 29.5 Å². The van der Waals surface area contributed by atoms with E-state index in [0.29, 0.717) is 6.61 Å². The Hall–Kier alpha value is -0.643. The van der Waals surface area contributed by atoms with Gasteiger partial charge in [-0.2, -0.15) is 0 Å². The number of rotatable bonds is 4. The maximum Gasteiger partial charge on any atom is 0.192 e. The smallest absolute Gasteiger partial charge is 0.192 e. The molecule has 96 valence electrons. The zero-order chi connectivity index (χ0) is 13.1. The summed E-state index contributed by atoms with van der Waals surface area (Å²) in [6.45, 7) is 12.0. The molecule has 0 aliphatic heterocycles. The first-order valence-corrected chi connectivity index (χ1v) is 9.00. The number of hydrogen-bond donors (Lipinski definition) is 1. The molecule has 1 N–H and O–H groups in total. The number of aliphatic hydroxyl groups is 1. The number of hydrogen-bond acceptors (Lipinski definition) is 2. The van der Waals surface area contributed by atoms with Crippen molar-refractivity contribution >= 4 is 8.32 Å². The summed E-state index contributed by atoms with van der Waals surface area (Å²) in [5, 5.41) is 9.32. The van der Waals surface area contributed by atoms with Crippen molar-refractivity contribution in [2.45, 2.75) is 52.1 Å². The monoisotopic (exact) mass is 252 g/mol. The number of benzene rings is 1. The first-order chi connectivity index (χ1) is 7.76. The molecule has 0 amide bonds. The van der Waals surface area contributed by atoms with Gasteiger partial charge in [-0.25, -0.2) is 0 Å². The summed E-state index contributed by atoms with van der Waals surface area (Å²) in [6, 6.07) is 7.95. The van der Waals surface area contributed by atoms with Crippen LogP contribution in [0.15, 0.2) is 24.3 Å². The van der Waals surface area contributed by atoms with Crippen molar-refractivity contribution in [3.63, 3.8) is 0 Å². The molecule has 0 bridgehead atoms. The van der Waals surface area contributed by atoms with E-state index in [0.717, 1.165) is 11.1 Å². The maximum absolute atomic E-state index is 9.09. The summed E-state index contributed by atoms with van der Waals surface area (Å²) >= 11 is 0. The van der Waals surface area contributed by atoms with Gasteiger partial charge in [-0.15, -0.1) is 0 Å². The van der Waals surface area contributed by atoms with E-state index >= 15 is 0 Å². The molecule has 0 atom stereocenters. The van der Waals surface area contributed by atoms with Crippen LogP contribution >= 0.6 is 0 Å². The van der Waals surface area contributed by atoms with Crippen molar-refractivity contribution in [2.75, 3.05) is 0 Å². The second-order valence-corrected chi connectivity index (χ2v) is 10.8. The maximum atomic E-state index is 9.09. The highest BCUT2D eigenvalue weighted by atomic mass is 28.4. The van der Waals surface area contributed by atoms with E-state index in [2.05, 4.69) is 33.9 Å². The molecule has 0 spiro atoms. The van der Waals surface area contributed by atoms with Gasteiger partial charge >= 0.3 is 0 Å². The van der Waals surface area contributed by atoms with Crippen LogP contribution in [0.5, 0.6) is 0 Å². The predicted octanol–water partition coefficient (Wildman–Crippen LogP) is 3.70. The highest BCUT2D eigenvalue weighted by Crippen LogP contribution is 2.37. The van der Waals surface area contributed by atoms with Crippen molar-refractivity contribution in [3.05, 3.63) is 35.4 Å². The fraction of sp³-hybridized carbons (Fsp3) is 0.571. The highest BCUT2D eigenvalue weighted by Gasteiger charge is 2.36. The van der Waals surface area contributed by atoms with Crippen LogP contribution < -0.4 is 0 Å². The molecule has 0 aliphatic carbocycles. The Kier molecular flexibility index (Phi) is 4.53. The van der Waals surface area contributed by atoms with Crippen LogP contribution in [-0.4, -0.2) is 13.4 Å². The minimum Gasteiger partial charge on any atom is -0.413 e. The van der Waals surface area contributed by atoms with Gasteiger partial charge < -0.3 is 9.53 Å². The van der Waals surface area contributed by atoms with Gasteiger partial charge in [0.15, 0.2) is 8.32 Å². The SMILES string of the molecule is CC(C)(C)[Si](C)(C)OCc1cccc(CO)c1. The Bertz CT molecular complexity index is 367. The first kappa shape index (κ1) is 14.4. The van der Waals surface area contributed by atoms with Crippen LogP contribution in [0.3, 0.4) is 0 Å². The Labute approximate surface area is 106 Å². The van der Waals surface area contributed by atoms with Crippen LogP contribution in [0.1, 0.15) is 31.9 Å². The summed E-state index contributed by atoms with van der Waals surface area (Å²) in [5.41, 5.74) is 2.09. The van der Waals surface area contributed by atoms with Gasteiger partial charge in [0.1, 0.15) is 0 Å². The molecule has 1 aromatic rings. The summed E-state index contributed by atoms with van der Waals surface area (Å²) in [6.07, 6.45) is 0. The molecule has 0 unspecified atom stereocenters. The molecular weight excluding hydrogens is 228 g/mol. The van der Waals surface area contributed by atoms with Gasteiger partial charge in [-0.3, -0.25) is 0 Å². The van der Waals surface area contributed by atoms with E-state index in [9.17, 15) is 0 Å². The molecule has 0 heterocycles. The summed E-state index contributed by atoms with van der Waals surface area (Å²) in [5.74, 6) is 0. The van der Waals surface area contributed by atoms with Crippen molar-refractivity contribution < 1.29 is 9.53 Å². The third-order valence-electron chi connectivity index (χ3n) is 3.58. The van der Waals surface area contributed by atoms with Gasteiger partial charge in [0.2, 0.25) is 0 Å². The van der Waals surface area contributed by atoms with E-state index in [-0.39, 0.29) is 11.6 Å². The van der Waals surface area contributed by atoms with E-state index in [4.69, 9.17) is 9.53 Å². The average molecular weight is 252 g/mol. The molecule has 2 nitrogen and oxygen atoms in total. The van der Waals surface area contributed by atoms with Gasteiger partial charge in [-0.05, 0) is 29.3 Å².